The number of aromatic nitrogens is 1. The van der Waals surface area contributed by atoms with Gasteiger partial charge in [0.05, 0.1) is 4.92 Å². The summed E-state index contributed by atoms with van der Waals surface area (Å²) in [6.45, 7) is 1.97. The van der Waals surface area contributed by atoms with Crippen LogP contribution in [0.2, 0.25) is 0 Å². The van der Waals surface area contributed by atoms with Crippen molar-refractivity contribution in [2.24, 2.45) is 0 Å². The molecule has 1 aromatic heterocycles. The van der Waals surface area contributed by atoms with Crippen molar-refractivity contribution in [3.63, 3.8) is 0 Å². The van der Waals surface area contributed by atoms with Gasteiger partial charge in [-0.05, 0) is 24.6 Å². The van der Waals surface area contributed by atoms with Crippen LogP contribution in [-0.2, 0) is 6.42 Å². The number of nitro benzene ring substituents is 1. The van der Waals surface area contributed by atoms with Gasteiger partial charge in [-0.3, -0.25) is 10.1 Å². The smallest absolute Gasteiger partial charge is 0.293 e. The van der Waals surface area contributed by atoms with Crippen LogP contribution in [0.5, 0.6) is 0 Å². The van der Waals surface area contributed by atoms with E-state index in [1.54, 1.807) is 12.1 Å². The van der Waals surface area contributed by atoms with E-state index < -0.39 is 0 Å². The Hall–Kier alpha value is -2.10. The number of fused-ring (bicyclic) bond motifs is 3. The number of benzene rings is 1. The predicted molar refractivity (Wildman–Crippen MR) is 60.0 cm³/mol. The molecule has 0 fully saturated rings. The molecule has 0 amide bonds. The Morgan fingerprint density at radius 3 is 2.88 bits per heavy atom. The minimum absolute atomic E-state index is 0.190. The maximum absolute atomic E-state index is 11.0. The third-order valence-electron chi connectivity index (χ3n) is 3.05. The van der Waals surface area contributed by atoms with Crippen molar-refractivity contribution in [3.05, 3.63) is 57.4 Å². The first-order valence-electron chi connectivity index (χ1n) is 5.12. The molecule has 1 aromatic carbocycles. The topological polar surface area (TPSA) is 48.1 Å². The molecule has 0 aliphatic carbocycles. The summed E-state index contributed by atoms with van der Waals surface area (Å²) < 4.78 is 1.98. The molecule has 0 atom stereocenters. The maximum atomic E-state index is 11.0. The Bertz CT molecular complexity index is 599. The number of hydrogen-bond acceptors (Lipinski definition) is 2. The zero-order chi connectivity index (χ0) is 11.3. The molecular weight excluding hydrogens is 204 g/mol. The van der Waals surface area contributed by atoms with Crippen LogP contribution >= 0.6 is 0 Å². The Labute approximate surface area is 92.3 Å². The van der Waals surface area contributed by atoms with Gasteiger partial charge in [0, 0.05) is 23.9 Å². The molecule has 4 nitrogen and oxygen atoms in total. The molecule has 0 saturated heterocycles. The van der Waals surface area contributed by atoms with Gasteiger partial charge >= 0.3 is 0 Å². The molecule has 0 unspecified atom stereocenters. The third-order valence-corrected chi connectivity index (χ3v) is 3.05. The van der Waals surface area contributed by atoms with Crippen molar-refractivity contribution in [1.82, 2.24) is 4.57 Å². The van der Waals surface area contributed by atoms with Gasteiger partial charge in [-0.1, -0.05) is 12.1 Å². The van der Waals surface area contributed by atoms with Crippen molar-refractivity contribution >= 4 is 5.69 Å². The van der Waals surface area contributed by atoms with Gasteiger partial charge in [0.15, 0.2) is 0 Å². The van der Waals surface area contributed by atoms with E-state index in [0.717, 1.165) is 29.1 Å². The van der Waals surface area contributed by atoms with E-state index >= 15 is 0 Å². The molecule has 3 rings (SSSR count). The number of nitro groups is 1. The predicted octanol–water partition coefficient (Wildman–Crippen LogP) is 2.60. The zero-order valence-corrected chi connectivity index (χ0v) is 8.80. The van der Waals surface area contributed by atoms with Crippen molar-refractivity contribution in [2.75, 3.05) is 0 Å². The van der Waals surface area contributed by atoms with Crippen LogP contribution in [0.15, 0.2) is 30.3 Å². The lowest BCUT2D eigenvalue weighted by Crippen LogP contribution is -2.00. The molecular formula is C12H10N2O2. The number of nitrogens with zero attached hydrogens (tertiary/aromatic N) is 2. The van der Waals surface area contributed by atoms with E-state index in [0.29, 0.717) is 0 Å². The molecule has 0 N–H and O–H groups in total. The summed E-state index contributed by atoms with van der Waals surface area (Å²) in [5.74, 6) is 0. The lowest BCUT2D eigenvalue weighted by Gasteiger charge is -2.05. The molecule has 1 aliphatic heterocycles. The fourth-order valence-corrected chi connectivity index (χ4v) is 2.37. The molecule has 80 valence electrons. The van der Waals surface area contributed by atoms with Gasteiger partial charge in [-0.2, -0.15) is 0 Å². The van der Waals surface area contributed by atoms with E-state index in [4.69, 9.17) is 0 Å². The van der Waals surface area contributed by atoms with Gasteiger partial charge in [0.2, 0.25) is 0 Å². The summed E-state index contributed by atoms with van der Waals surface area (Å²) in [4.78, 5) is 10.7. The first-order valence-corrected chi connectivity index (χ1v) is 5.12. The molecule has 16 heavy (non-hydrogen) atoms. The standard InChI is InChI=1S/C12H10N2O2/c1-8-5-6-10-7-9-3-2-4-11(14(15)16)12(9)13(8)10/h2-6H,7H2,1H3. The first kappa shape index (κ1) is 9.15. The highest BCUT2D eigenvalue weighted by Crippen LogP contribution is 2.36. The Morgan fingerprint density at radius 2 is 2.12 bits per heavy atom. The van der Waals surface area contributed by atoms with E-state index in [1.807, 2.05) is 29.7 Å². The average molecular weight is 214 g/mol. The monoisotopic (exact) mass is 214 g/mol. The highest BCUT2D eigenvalue weighted by Gasteiger charge is 2.27. The zero-order valence-electron chi connectivity index (χ0n) is 8.80. The van der Waals surface area contributed by atoms with Gasteiger partial charge in [0.1, 0.15) is 5.69 Å². The van der Waals surface area contributed by atoms with E-state index in [1.165, 1.54) is 0 Å². The number of aryl methyl sites for hydroxylation is 1. The molecule has 0 radical (unpaired) electrons. The average Bonchev–Trinajstić information content (AvgIpc) is 2.77. The fourth-order valence-electron chi connectivity index (χ4n) is 2.37. The van der Waals surface area contributed by atoms with Crippen LogP contribution in [0, 0.1) is 17.0 Å². The first-order chi connectivity index (χ1) is 7.68. The van der Waals surface area contributed by atoms with Crippen molar-refractivity contribution < 1.29 is 4.92 Å². The van der Waals surface area contributed by atoms with Crippen molar-refractivity contribution in [3.8, 4) is 5.69 Å². The van der Waals surface area contributed by atoms with Crippen LogP contribution in [0.3, 0.4) is 0 Å². The molecule has 2 aromatic rings. The second kappa shape index (κ2) is 2.95. The second-order valence-corrected chi connectivity index (χ2v) is 4.02. The molecule has 0 bridgehead atoms. The third kappa shape index (κ3) is 1.04. The van der Waals surface area contributed by atoms with Crippen molar-refractivity contribution in [1.29, 1.82) is 0 Å². The molecule has 0 saturated carbocycles. The number of para-hydroxylation sites is 1. The quantitative estimate of drug-likeness (QED) is 0.461. The fraction of sp³-hybridized carbons (Fsp3) is 0.167. The summed E-state index contributed by atoms with van der Waals surface area (Å²) in [5, 5.41) is 11.0. The molecule has 4 heteroatoms. The number of rotatable bonds is 1. The normalized spacial score (nSPS) is 12.3. The van der Waals surface area contributed by atoms with E-state index in [-0.39, 0.29) is 10.6 Å². The SMILES string of the molecule is Cc1ccc2n1-c1c(cccc1[N+](=O)[O-])C2. The van der Waals surface area contributed by atoms with Gasteiger partial charge < -0.3 is 4.57 Å². The Balaban J connectivity index is 2.36. The Morgan fingerprint density at radius 1 is 1.31 bits per heavy atom. The summed E-state index contributed by atoms with van der Waals surface area (Å²) in [5.41, 5.74) is 4.14. The van der Waals surface area contributed by atoms with E-state index in [9.17, 15) is 10.1 Å². The van der Waals surface area contributed by atoms with Crippen LogP contribution in [-0.4, -0.2) is 9.49 Å². The largest absolute Gasteiger partial charge is 0.312 e. The van der Waals surface area contributed by atoms with Crippen LogP contribution in [0.1, 0.15) is 17.0 Å². The summed E-state index contributed by atoms with van der Waals surface area (Å²) in [6.07, 6.45) is 0.783. The van der Waals surface area contributed by atoms with E-state index in [2.05, 4.69) is 0 Å². The summed E-state index contributed by atoms with van der Waals surface area (Å²) in [6, 6.07) is 9.29. The molecule has 0 spiro atoms. The van der Waals surface area contributed by atoms with Crippen LogP contribution < -0.4 is 0 Å². The summed E-state index contributed by atoms with van der Waals surface area (Å²) in [7, 11) is 0. The highest BCUT2D eigenvalue weighted by molar-refractivity contribution is 5.63. The molecule has 2 heterocycles. The lowest BCUT2D eigenvalue weighted by atomic mass is 10.1. The minimum Gasteiger partial charge on any atom is -0.312 e. The van der Waals surface area contributed by atoms with Gasteiger partial charge in [-0.25, -0.2) is 0 Å². The van der Waals surface area contributed by atoms with Gasteiger partial charge in [0.25, 0.3) is 5.69 Å². The van der Waals surface area contributed by atoms with Gasteiger partial charge in [-0.15, -0.1) is 0 Å². The lowest BCUT2D eigenvalue weighted by molar-refractivity contribution is -0.384. The van der Waals surface area contributed by atoms with Crippen LogP contribution in [0.25, 0.3) is 5.69 Å². The maximum Gasteiger partial charge on any atom is 0.293 e. The molecule has 1 aliphatic rings. The highest BCUT2D eigenvalue weighted by atomic mass is 16.6. The Kier molecular flexibility index (Phi) is 1.68. The number of hydrogen-bond donors (Lipinski definition) is 0. The van der Waals surface area contributed by atoms with Crippen molar-refractivity contribution in [2.45, 2.75) is 13.3 Å². The van der Waals surface area contributed by atoms with Crippen LogP contribution in [0.4, 0.5) is 5.69 Å². The minimum atomic E-state index is -0.312. The summed E-state index contributed by atoms with van der Waals surface area (Å²) >= 11 is 0. The second-order valence-electron chi connectivity index (χ2n) is 4.02.